The molecule has 0 saturated heterocycles. The van der Waals surface area contributed by atoms with E-state index in [0.717, 1.165) is 47.5 Å². The van der Waals surface area contributed by atoms with Crippen molar-refractivity contribution in [3.8, 4) is 17.0 Å². The maximum atomic E-state index is 5.95. The Morgan fingerprint density at radius 3 is 2.65 bits per heavy atom. The van der Waals surface area contributed by atoms with Gasteiger partial charge in [-0.1, -0.05) is 6.92 Å². The molecule has 0 amide bonds. The van der Waals surface area contributed by atoms with Crippen LogP contribution in [0.3, 0.4) is 0 Å². The normalized spacial score (nSPS) is 13.3. The van der Waals surface area contributed by atoms with Crippen molar-refractivity contribution >= 4 is 5.69 Å². The van der Waals surface area contributed by atoms with E-state index in [1.165, 1.54) is 17.5 Å². The van der Waals surface area contributed by atoms with Gasteiger partial charge in [-0.25, -0.2) is 0 Å². The standard InChI is InChI=1S/C17H20N2O/c1-3-11-8-16(19-10-15(11)18)14-7-12-5-4-6-13(12)9-17(14)20-2/h7-10H,3-6,18H2,1-2H3. The zero-order valence-electron chi connectivity index (χ0n) is 12.1. The summed E-state index contributed by atoms with van der Waals surface area (Å²) >= 11 is 0. The fraction of sp³-hybridized carbons (Fsp3) is 0.353. The van der Waals surface area contributed by atoms with Crippen LogP contribution in [-0.2, 0) is 19.3 Å². The molecule has 2 N–H and O–H groups in total. The number of aryl methyl sites for hydroxylation is 3. The van der Waals surface area contributed by atoms with Gasteiger partial charge in [0.25, 0.3) is 0 Å². The first-order chi connectivity index (χ1) is 9.72. The summed E-state index contributed by atoms with van der Waals surface area (Å²) in [6.45, 7) is 2.11. The Kier molecular flexibility index (Phi) is 3.35. The summed E-state index contributed by atoms with van der Waals surface area (Å²) in [6.07, 6.45) is 6.20. The molecule has 2 aromatic rings. The van der Waals surface area contributed by atoms with E-state index in [2.05, 4.69) is 30.1 Å². The molecule has 1 aromatic heterocycles. The number of anilines is 1. The number of nitrogen functional groups attached to an aromatic ring is 1. The quantitative estimate of drug-likeness (QED) is 0.928. The van der Waals surface area contributed by atoms with Gasteiger partial charge in [-0.05, 0) is 60.6 Å². The highest BCUT2D eigenvalue weighted by atomic mass is 16.5. The highest BCUT2D eigenvalue weighted by molar-refractivity contribution is 5.71. The predicted octanol–water partition coefficient (Wildman–Crippen LogP) is 3.39. The minimum Gasteiger partial charge on any atom is -0.496 e. The lowest BCUT2D eigenvalue weighted by molar-refractivity contribution is 0.416. The molecule has 1 aliphatic rings. The smallest absolute Gasteiger partial charge is 0.128 e. The van der Waals surface area contributed by atoms with Crippen molar-refractivity contribution < 1.29 is 4.74 Å². The molecule has 0 aliphatic heterocycles. The van der Waals surface area contributed by atoms with Gasteiger partial charge in [0, 0.05) is 5.56 Å². The second kappa shape index (κ2) is 5.16. The first-order valence-electron chi connectivity index (χ1n) is 7.17. The molecule has 0 fully saturated rings. The van der Waals surface area contributed by atoms with E-state index in [1.54, 1.807) is 13.3 Å². The van der Waals surface area contributed by atoms with E-state index in [-0.39, 0.29) is 0 Å². The van der Waals surface area contributed by atoms with E-state index in [9.17, 15) is 0 Å². The second-order valence-corrected chi connectivity index (χ2v) is 5.30. The molecule has 104 valence electrons. The summed E-state index contributed by atoms with van der Waals surface area (Å²) in [6, 6.07) is 6.48. The molecule has 3 rings (SSSR count). The topological polar surface area (TPSA) is 48.1 Å². The molecule has 0 spiro atoms. The number of benzene rings is 1. The van der Waals surface area contributed by atoms with Crippen LogP contribution in [-0.4, -0.2) is 12.1 Å². The van der Waals surface area contributed by atoms with Crippen molar-refractivity contribution in [1.29, 1.82) is 0 Å². The highest BCUT2D eigenvalue weighted by Crippen LogP contribution is 2.36. The van der Waals surface area contributed by atoms with Gasteiger partial charge in [0.15, 0.2) is 0 Å². The van der Waals surface area contributed by atoms with Crippen LogP contribution >= 0.6 is 0 Å². The second-order valence-electron chi connectivity index (χ2n) is 5.30. The molecular weight excluding hydrogens is 248 g/mol. The Balaban J connectivity index is 2.13. The minimum absolute atomic E-state index is 0.761. The van der Waals surface area contributed by atoms with Crippen molar-refractivity contribution in [2.45, 2.75) is 32.6 Å². The van der Waals surface area contributed by atoms with Crippen LogP contribution < -0.4 is 10.5 Å². The molecule has 1 heterocycles. The van der Waals surface area contributed by atoms with Gasteiger partial charge >= 0.3 is 0 Å². The number of hydrogen-bond donors (Lipinski definition) is 1. The Morgan fingerprint density at radius 2 is 1.95 bits per heavy atom. The number of methoxy groups -OCH3 is 1. The first-order valence-corrected chi connectivity index (χ1v) is 7.17. The van der Waals surface area contributed by atoms with Crippen LogP contribution in [0.5, 0.6) is 5.75 Å². The minimum atomic E-state index is 0.761. The van der Waals surface area contributed by atoms with Crippen LogP contribution in [0.1, 0.15) is 30.0 Å². The molecule has 0 radical (unpaired) electrons. The van der Waals surface area contributed by atoms with Crippen molar-refractivity contribution in [1.82, 2.24) is 4.98 Å². The summed E-state index contributed by atoms with van der Waals surface area (Å²) in [4.78, 5) is 4.49. The number of rotatable bonds is 3. The summed E-state index contributed by atoms with van der Waals surface area (Å²) in [5.74, 6) is 0.907. The number of pyridine rings is 1. The van der Waals surface area contributed by atoms with E-state index < -0.39 is 0 Å². The van der Waals surface area contributed by atoms with E-state index in [0.29, 0.717) is 0 Å². The van der Waals surface area contributed by atoms with Gasteiger partial charge in [-0.15, -0.1) is 0 Å². The largest absolute Gasteiger partial charge is 0.496 e. The van der Waals surface area contributed by atoms with Crippen molar-refractivity contribution in [2.24, 2.45) is 0 Å². The molecule has 3 heteroatoms. The molecule has 0 atom stereocenters. The molecule has 1 aromatic carbocycles. The Hall–Kier alpha value is -2.03. The third kappa shape index (κ3) is 2.13. The molecule has 3 nitrogen and oxygen atoms in total. The maximum absolute atomic E-state index is 5.95. The fourth-order valence-electron chi connectivity index (χ4n) is 2.93. The van der Waals surface area contributed by atoms with E-state index in [4.69, 9.17) is 10.5 Å². The first kappa shape index (κ1) is 13.0. The van der Waals surface area contributed by atoms with E-state index >= 15 is 0 Å². The lowest BCUT2D eigenvalue weighted by Crippen LogP contribution is -1.98. The van der Waals surface area contributed by atoms with Crippen LogP contribution in [0, 0.1) is 0 Å². The van der Waals surface area contributed by atoms with Crippen LogP contribution in [0.25, 0.3) is 11.3 Å². The predicted molar refractivity (Wildman–Crippen MR) is 82.0 cm³/mol. The third-order valence-electron chi connectivity index (χ3n) is 4.10. The van der Waals surface area contributed by atoms with Gasteiger partial charge in [0.05, 0.1) is 24.7 Å². The molecule has 1 aliphatic carbocycles. The van der Waals surface area contributed by atoms with Crippen molar-refractivity contribution in [3.05, 3.63) is 41.1 Å². The molecule has 20 heavy (non-hydrogen) atoms. The highest BCUT2D eigenvalue weighted by Gasteiger charge is 2.17. The molecular formula is C17H20N2O. The van der Waals surface area contributed by atoms with Gasteiger partial charge in [-0.2, -0.15) is 0 Å². The van der Waals surface area contributed by atoms with Crippen LogP contribution in [0.4, 0.5) is 5.69 Å². The Morgan fingerprint density at radius 1 is 1.20 bits per heavy atom. The SMILES string of the molecule is CCc1cc(-c2cc3c(cc2OC)CCC3)ncc1N. The molecule has 0 saturated carbocycles. The lowest BCUT2D eigenvalue weighted by atomic mass is 10.0. The lowest BCUT2D eigenvalue weighted by Gasteiger charge is -2.12. The zero-order valence-corrected chi connectivity index (χ0v) is 12.1. The Labute approximate surface area is 119 Å². The summed E-state index contributed by atoms with van der Waals surface area (Å²) < 4.78 is 5.56. The van der Waals surface area contributed by atoms with Gasteiger partial charge in [0.1, 0.15) is 5.75 Å². The van der Waals surface area contributed by atoms with E-state index in [1.807, 2.05) is 0 Å². The monoisotopic (exact) mass is 268 g/mol. The number of hydrogen-bond acceptors (Lipinski definition) is 3. The van der Waals surface area contributed by atoms with Crippen molar-refractivity contribution in [3.63, 3.8) is 0 Å². The number of nitrogens with zero attached hydrogens (tertiary/aromatic N) is 1. The third-order valence-corrected chi connectivity index (χ3v) is 4.10. The Bertz CT molecular complexity index is 650. The average molecular weight is 268 g/mol. The summed E-state index contributed by atoms with van der Waals surface area (Å²) in [5.41, 5.74) is 12.7. The van der Waals surface area contributed by atoms with Gasteiger partial charge in [-0.3, -0.25) is 4.98 Å². The number of ether oxygens (including phenoxy) is 1. The summed E-state index contributed by atoms with van der Waals surface area (Å²) in [5, 5.41) is 0. The molecule has 0 bridgehead atoms. The average Bonchev–Trinajstić information content (AvgIpc) is 2.93. The van der Waals surface area contributed by atoms with Crippen molar-refractivity contribution in [2.75, 3.05) is 12.8 Å². The molecule has 0 unspecified atom stereocenters. The summed E-state index contributed by atoms with van der Waals surface area (Å²) in [7, 11) is 1.72. The van der Waals surface area contributed by atoms with Gasteiger partial charge < -0.3 is 10.5 Å². The van der Waals surface area contributed by atoms with Crippen LogP contribution in [0.15, 0.2) is 24.4 Å². The maximum Gasteiger partial charge on any atom is 0.128 e. The number of fused-ring (bicyclic) bond motifs is 1. The van der Waals surface area contributed by atoms with Gasteiger partial charge in [0.2, 0.25) is 0 Å². The number of nitrogens with two attached hydrogens (primary N) is 1. The zero-order chi connectivity index (χ0) is 14.1. The fourth-order valence-corrected chi connectivity index (χ4v) is 2.93. The number of aromatic nitrogens is 1. The van der Waals surface area contributed by atoms with Crippen LogP contribution in [0.2, 0.25) is 0 Å².